The van der Waals surface area contributed by atoms with Gasteiger partial charge in [-0.05, 0) is 25.0 Å². The van der Waals surface area contributed by atoms with Crippen LogP contribution in [0.5, 0.6) is 11.5 Å². The van der Waals surface area contributed by atoms with Crippen molar-refractivity contribution >= 4 is 6.09 Å². The molecule has 1 aliphatic heterocycles. The van der Waals surface area contributed by atoms with Crippen molar-refractivity contribution in [2.75, 3.05) is 0 Å². The molecule has 5 heteroatoms. The number of aliphatic hydroxyl groups is 1. The summed E-state index contributed by atoms with van der Waals surface area (Å²) < 4.78 is 5.22. The molecule has 2 N–H and O–H groups in total. The van der Waals surface area contributed by atoms with Crippen LogP contribution in [0.3, 0.4) is 0 Å². The van der Waals surface area contributed by atoms with Gasteiger partial charge in [-0.2, -0.15) is 0 Å². The zero-order valence-corrected chi connectivity index (χ0v) is 10.6. The highest BCUT2D eigenvalue weighted by molar-refractivity contribution is 5.74. The Morgan fingerprint density at radius 3 is 2.68 bits per heavy atom. The molecule has 0 bridgehead atoms. The molecule has 1 heterocycles. The van der Waals surface area contributed by atoms with Crippen LogP contribution in [-0.2, 0) is 0 Å². The number of fused-ring (bicyclic) bond motifs is 1. The van der Waals surface area contributed by atoms with Crippen LogP contribution in [0.4, 0.5) is 4.79 Å². The maximum atomic E-state index is 12.0. The Balaban J connectivity index is 1.91. The van der Waals surface area contributed by atoms with Crippen molar-refractivity contribution in [1.29, 1.82) is 0 Å². The second-order valence-corrected chi connectivity index (χ2v) is 5.16. The molecule has 2 aliphatic rings. The maximum Gasteiger partial charge on any atom is 0.417 e. The largest absolute Gasteiger partial charge is 0.508 e. The molecule has 1 aliphatic carbocycles. The third kappa shape index (κ3) is 2.14. The van der Waals surface area contributed by atoms with Crippen molar-refractivity contribution in [2.24, 2.45) is 0 Å². The summed E-state index contributed by atoms with van der Waals surface area (Å²) in [7, 11) is 0. The fourth-order valence-corrected chi connectivity index (χ4v) is 2.93. The quantitative estimate of drug-likeness (QED) is 0.816. The summed E-state index contributed by atoms with van der Waals surface area (Å²) in [6.45, 7) is 0. The van der Waals surface area contributed by atoms with E-state index >= 15 is 0 Å². The van der Waals surface area contributed by atoms with E-state index in [0.29, 0.717) is 5.56 Å². The number of nitrogens with zero attached hydrogens (tertiary/aromatic N) is 1. The molecule has 1 atom stereocenters. The third-order valence-corrected chi connectivity index (χ3v) is 3.91. The highest BCUT2D eigenvalue weighted by Gasteiger charge is 2.38. The van der Waals surface area contributed by atoms with E-state index in [9.17, 15) is 15.0 Å². The molecule has 0 radical (unpaired) electrons. The van der Waals surface area contributed by atoms with Gasteiger partial charge >= 0.3 is 6.09 Å². The molecule has 1 saturated carbocycles. The van der Waals surface area contributed by atoms with Crippen LogP contribution < -0.4 is 4.74 Å². The monoisotopic (exact) mass is 263 g/mol. The van der Waals surface area contributed by atoms with Crippen LogP contribution in [0.15, 0.2) is 18.2 Å². The van der Waals surface area contributed by atoms with Gasteiger partial charge in [-0.15, -0.1) is 0 Å². The first kappa shape index (κ1) is 12.3. The van der Waals surface area contributed by atoms with Crippen molar-refractivity contribution in [2.45, 2.75) is 44.4 Å². The summed E-state index contributed by atoms with van der Waals surface area (Å²) in [6, 6.07) is 4.48. The smallest absolute Gasteiger partial charge is 0.417 e. The van der Waals surface area contributed by atoms with Gasteiger partial charge in [0.15, 0.2) is 6.23 Å². The number of carbonyl (C=O) groups excluding carboxylic acids is 1. The number of carbonyl (C=O) groups is 1. The van der Waals surface area contributed by atoms with Gasteiger partial charge in [0.05, 0.1) is 0 Å². The second kappa shape index (κ2) is 4.74. The van der Waals surface area contributed by atoms with Crippen molar-refractivity contribution < 1.29 is 19.7 Å². The lowest BCUT2D eigenvalue weighted by atomic mass is 9.93. The summed E-state index contributed by atoms with van der Waals surface area (Å²) in [5, 5.41) is 19.8. The number of phenols is 1. The standard InChI is InChI=1S/C14H17NO4/c16-10-6-7-11-12(8-10)19-14(18)15(13(11)17)9-4-2-1-3-5-9/h6-9,13,16-17H,1-5H2. The minimum atomic E-state index is -0.986. The number of phenolic OH excluding ortho intramolecular Hbond substituents is 1. The number of amides is 1. The predicted molar refractivity (Wildman–Crippen MR) is 67.8 cm³/mol. The van der Waals surface area contributed by atoms with Gasteiger partial charge in [0.2, 0.25) is 0 Å². The molecule has 1 aromatic rings. The number of aromatic hydroxyl groups is 1. The molecular formula is C14H17NO4. The van der Waals surface area contributed by atoms with Gasteiger partial charge in [-0.3, -0.25) is 4.90 Å². The zero-order valence-electron chi connectivity index (χ0n) is 10.6. The van der Waals surface area contributed by atoms with Crippen molar-refractivity contribution in [3.8, 4) is 11.5 Å². The Morgan fingerprint density at radius 2 is 1.95 bits per heavy atom. The van der Waals surface area contributed by atoms with Gasteiger partial charge in [0.25, 0.3) is 0 Å². The van der Waals surface area contributed by atoms with Crippen LogP contribution in [-0.4, -0.2) is 27.2 Å². The summed E-state index contributed by atoms with van der Waals surface area (Å²) in [5.41, 5.74) is 0.531. The predicted octanol–water partition coefficient (Wildman–Crippen LogP) is 2.53. The number of hydrogen-bond donors (Lipinski definition) is 2. The van der Waals surface area contributed by atoms with Gasteiger partial charge in [-0.25, -0.2) is 4.79 Å². The lowest BCUT2D eigenvalue weighted by molar-refractivity contribution is -0.0317. The lowest BCUT2D eigenvalue weighted by Crippen LogP contribution is -2.47. The Morgan fingerprint density at radius 1 is 1.21 bits per heavy atom. The summed E-state index contributed by atoms with van der Waals surface area (Å²) >= 11 is 0. The van der Waals surface area contributed by atoms with E-state index in [4.69, 9.17) is 4.74 Å². The van der Waals surface area contributed by atoms with E-state index in [1.807, 2.05) is 0 Å². The Hall–Kier alpha value is -1.75. The number of hydrogen-bond acceptors (Lipinski definition) is 4. The first-order chi connectivity index (χ1) is 9.16. The average molecular weight is 263 g/mol. The molecule has 0 spiro atoms. The minimum absolute atomic E-state index is 0.0184. The fraction of sp³-hybridized carbons (Fsp3) is 0.500. The average Bonchev–Trinajstić information content (AvgIpc) is 2.39. The van der Waals surface area contributed by atoms with Crippen molar-refractivity contribution in [3.05, 3.63) is 23.8 Å². The second-order valence-electron chi connectivity index (χ2n) is 5.16. The molecule has 1 fully saturated rings. The number of ether oxygens (including phenoxy) is 1. The Bertz CT molecular complexity index is 496. The number of rotatable bonds is 1. The van der Waals surface area contributed by atoms with Crippen LogP contribution in [0.2, 0.25) is 0 Å². The SMILES string of the molecule is O=C1Oc2cc(O)ccc2C(O)N1C1CCCCC1. The highest BCUT2D eigenvalue weighted by atomic mass is 16.6. The van der Waals surface area contributed by atoms with E-state index in [2.05, 4.69) is 0 Å². The Kier molecular flexibility index (Phi) is 3.06. The summed E-state index contributed by atoms with van der Waals surface area (Å²) in [6.07, 6.45) is 3.61. The van der Waals surface area contributed by atoms with Crippen molar-refractivity contribution in [1.82, 2.24) is 4.90 Å². The van der Waals surface area contributed by atoms with Gasteiger partial charge in [-0.1, -0.05) is 19.3 Å². The first-order valence-corrected chi connectivity index (χ1v) is 6.68. The first-order valence-electron chi connectivity index (χ1n) is 6.68. The Labute approximate surface area is 111 Å². The molecule has 19 heavy (non-hydrogen) atoms. The van der Waals surface area contributed by atoms with Gasteiger partial charge < -0.3 is 14.9 Å². The molecule has 102 valence electrons. The molecule has 5 nitrogen and oxygen atoms in total. The summed E-state index contributed by atoms with van der Waals surface area (Å²) in [4.78, 5) is 13.5. The maximum absolute atomic E-state index is 12.0. The van der Waals surface area contributed by atoms with Crippen molar-refractivity contribution in [3.63, 3.8) is 0 Å². The number of aliphatic hydroxyl groups excluding tert-OH is 1. The van der Waals surface area contributed by atoms with Crippen LogP contribution in [0.1, 0.15) is 43.9 Å². The van der Waals surface area contributed by atoms with Crippen LogP contribution >= 0.6 is 0 Å². The molecular weight excluding hydrogens is 246 g/mol. The lowest BCUT2D eigenvalue weighted by Gasteiger charge is -2.39. The van der Waals surface area contributed by atoms with Gasteiger partial charge in [0, 0.05) is 17.7 Å². The molecule has 3 rings (SSSR count). The molecule has 1 amide bonds. The van der Waals surface area contributed by atoms with Gasteiger partial charge in [0.1, 0.15) is 11.5 Å². The third-order valence-electron chi connectivity index (χ3n) is 3.91. The van der Waals surface area contributed by atoms with Crippen LogP contribution in [0.25, 0.3) is 0 Å². The topological polar surface area (TPSA) is 70.0 Å². The molecule has 1 unspecified atom stereocenters. The van der Waals surface area contributed by atoms with E-state index in [-0.39, 0.29) is 17.5 Å². The summed E-state index contributed by atoms with van der Waals surface area (Å²) in [5.74, 6) is 0.259. The molecule has 1 aromatic carbocycles. The van der Waals surface area contributed by atoms with Crippen LogP contribution in [0, 0.1) is 0 Å². The van der Waals surface area contributed by atoms with E-state index < -0.39 is 12.3 Å². The number of benzene rings is 1. The van der Waals surface area contributed by atoms with E-state index in [1.165, 1.54) is 23.5 Å². The minimum Gasteiger partial charge on any atom is -0.508 e. The van der Waals surface area contributed by atoms with E-state index in [1.54, 1.807) is 6.07 Å². The zero-order chi connectivity index (χ0) is 13.4. The highest BCUT2D eigenvalue weighted by Crippen LogP contribution is 2.38. The normalized spacial score (nSPS) is 23.9. The fourth-order valence-electron chi connectivity index (χ4n) is 2.93. The molecule has 0 aromatic heterocycles. The molecule has 0 saturated heterocycles. The van der Waals surface area contributed by atoms with E-state index in [0.717, 1.165) is 25.7 Å².